The van der Waals surface area contributed by atoms with E-state index in [-0.39, 0.29) is 5.92 Å². The van der Waals surface area contributed by atoms with Crippen molar-refractivity contribution in [1.82, 2.24) is 0 Å². The van der Waals surface area contributed by atoms with Crippen molar-refractivity contribution < 1.29 is 4.74 Å². The van der Waals surface area contributed by atoms with Gasteiger partial charge in [-0.05, 0) is 13.0 Å². The van der Waals surface area contributed by atoms with Crippen LogP contribution in [0.25, 0.3) is 0 Å². The Balaban J connectivity index is 3.21. The fourth-order valence-corrected chi connectivity index (χ4v) is 1.43. The molecule has 0 aliphatic carbocycles. The van der Waals surface area contributed by atoms with Crippen molar-refractivity contribution in [2.24, 2.45) is 0 Å². The smallest absolute Gasteiger partial charge is 0.141 e. The molecule has 0 aliphatic rings. The Morgan fingerprint density at radius 2 is 2.23 bits per heavy atom. The number of benzene rings is 1. The standard InChI is InChI=1S/C11H11ClO/c1-4-8(2)9-6-5-7-10(12)11(9)13-3/h1,5-8H,2-3H3. The van der Waals surface area contributed by atoms with Gasteiger partial charge in [-0.15, -0.1) is 6.42 Å². The van der Waals surface area contributed by atoms with Gasteiger partial charge in [0.1, 0.15) is 5.75 Å². The highest BCUT2D eigenvalue weighted by molar-refractivity contribution is 6.32. The van der Waals surface area contributed by atoms with Crippen LogP contribution in [0, 0.1) is 12.3 Å². The normalized spacial score (nSPS) is 11.8. The molecule has 0 radical (unpaired) electrons. The van der Waals surface area contributed by atoms with E-state index in [4.69, 9.17) is 22.8 Å². The molecule has 0 fully saturated rings. The minimum absolute atomic E-state index is 0.0219. The quantitative estimate of drug-likeness (QED) is 0.658. The molecule has 0 bridgehead atoms. The predicted molar refractivity (Wildman–Crippen MR) is 55.3 cm³/mol. The molecule has 0 spiro atoms. The van der Waals surface area contributed by atoms with E-state index in [1.807, 2.05) is 19.1 Å². The first-order chi connectivity index (χ1) is 6.20. The maximum absolute atomic E-state index is 5.94. The van der Waals surface area contributed by atoms with Crippen molar-refractivity contribution in [2.75, 3.05) is 7.11 Å². The Hall–Kier alpha value is -1.13. The number of ether oxygens (including phenoxy) is 1. The lowest BCUT2D eigenvalue weighted by atomic mass is 10.0. The topological polar surface area (TPSA) is 9.23 Å². The molecular formula is C11H11ClO. The van der Waals surface area contributed by atoms with Crippen molar-refractivity contribution in [3.8, 4) is 18.1 Å². The second-order valence-electron chi connectivity index (χ2n) is 2.75. The summed E-state index contributed by atoms with van der Waals surface area (Å²) in [5.41, 5.74) is 0.956. The molecule has 1 aromatic carbocycles. The average Bonchev–Trinajstić information content (AvgIpc) is 2.16. The van der Waals surface area contributed by atoms with Gasteiger partial charge >= 0.3 is 0 Å². The van der Waals surface area contributed by atoms with Crippen LogP contribution in [-0.2, 0) is 0 Å². The van der Waals surface area contributed by atoms with Crippen LogP contribution in [0.5, 0.6) is 5.75 Å². The van der Waals surface area contributed by atoms with Crippen molar-refractivity contribution in [3.05, 3.63) is 28.8 Å². The molecule has 0 aliphatic heterocycles. The molecule has 0 saturated carbocycles. The van der Waals surface area contributed by atoms with E-state index in [1.165, 1.54) is 0 Å². The third kappa shape index (κ3) is 1.96. The monoisotopic (exact) mass is 194 g/mol. The molecule has 1 aromatic rings. The Morgan fingerprint density at radius 3 is 2.77 bits per heavy atom. The summed E-state index contributed by atoms with van der Waals surface area (Å²) in [6.45, 7) is 1.94. The average molecular weight is 195 g/mol. The molecule has 1 atom stereocenters. The van der Waals surface area contributed by atoms with E-state index in [0.29, 0.717) is 10.8 Å². The van der Waals surface area contributed by atoms with Crippen molar-refractivity contribution in [2.45, 2.75) is 12.8 Å². The first-order valence-electron chi connectivity index (χ1n) is 3.99. The molecule has 1 nitrogen and oxygen atoms in total. The van der Waals surface area contributed by atoms with Gasteiger partial charge < -0.3 is 4.74 Å². The fraction of sp³-hybridized carbons (Fsp3) is 0.273. The zero-order valence-corrected chi connectivity index (χ0v) is 8.43. The van der Waals surface area contributed by atoms with Crippen LogP contribution in [0.2, 0.25) is 5.02 Å². The first kappa shape index (κ1) is 9.95. The molecule has 1 rings (SSSR count). The van der Waals surface area contributed by atoms with Crippen LogP contribution < -0.4 is 4.74 Å². The van der Waals surface area contributed by atoms with E-state index in [0.717, 1.165) is 5.56 Å². The number of hydrogen-bond donors (Lipinski definition) is 0. The van der Waals surface area contributed by atoms with E-state index >= 15 is 0 Å². The third-order valence-corrected chi connectivity index (χ3v) is 2.22. The summed E-state index contributed by atoms with van der Waals surface area (Å²) in [5, 5.41) is 0.599. The lowest BCUT2D eigenvalue weighted by Crippen LogP contribution is -1.95. The van der Waals surface area contributed by atoms with Crippen LogP contribution in [0.3, 0.4) is 0 Å². The largest absolute Gasteiger partial charge is 0.495 e. The summed E-state index contributed by atoms with van der Waals surface area (Å²) in [7, 11) is 1.59. The van der Waals surface area contributed by atoms with Crippen molar-refractivity contribution >= 4 is 11.6 Å². The Kier molecular flexibility index (Phi) is 3.22. The van der Waals surface area contributed by atoms with Gasteiger partial charge in [0.15, 0.2) is 0 Å². The number of hydrogen-bond acceptors (Lipinski definition) is 1. The second-order valence-corrected chi connectivity index (χ2v) is 3.16. The molecule has 2 heteroatoms. The highest BCUT2D eigenvalue weighted by Gasteiger charge is 2.11. The first-order valence-corrected chi connectivity index (χ1v) is 4.37. The lowest BCUT2D eigenvalue weighted by Gasteiger charge is -2.11. The summed E-state index contributed by atoms with van der Waals surface area (Å²) in [6, 6.07) is 5.58. The van der Waals surface area contributed by atoms with Gasteiger partial charge in [-0.25, -0.2) is 0 Å². The maximum atomic E-state index is 5.94. The van der Waals surface area contributed by atoms with Crippen LogP contribution in [0.4, 0.5) is 0 Å². The van der Waals surface area contributed by atoms with Gasteiger partial charge in [-0.3, -0.25) is 0 Å². The van der Waals surface area contributed by atoms with Crippen LogP contribution in [0.15, 0.2) is 18.2 Å². The Labute approximate surface area is 83.7 Å². The molecule has 0 aromatic heterocycles. The van der Waals surface area contributed by atoms with Gasteiger partial charge in [-0.2, -0.15) is 0 Å². The summed E-state index contributed by atoms with van der Waals surface area (Å²) >= 11 is 5.94. The van der Waals surface area contributed by atoms with Crippen LogP contribution in [0.1, 0.15) is 18.4 Å². The number of halogens is 1. The Bertz CT molecular complexity index is 338. The third-order valence-electron chi connectivity index (χ3n) is 1.92. The predicted octanol–water partition coefficient (Wildman–Crippen LogP) is 3.09. The summed E-state index contributed by atoms with van der Waals surface area (Å²) in [4.78, 5) is 0. The summed E-state index contributed by atoms with van der Waals surface area (Å²) in [6.07, 6.45) is 5.33. The molecule has 1 unspecified atom stereocenters. The van der Waals surface area contributed by atoms with Crippen LogP contribution >= 0.6 is 11.6 Å². The molecule has 0 heterocycles. The number of para-hydroxylation sites is 1. The molecule has 0 amide bonds. The minimum Gasteiger partial charge on any atom is -0.495 e. The number of methoxy groups -OCH3 is 1. The SMILES string of the molecule is C#CC(C)c1cccc(Cl)c1OC. The summed E-state index contributed by atoms with van der Waals surface area (Å²) in [5.74, 6) is 3.34. The molecule has 0 N–H and O–H groups in total. The highest BCUT2D eigenvalue weighted by atomic mass is 35.5. The van der Waals surface area contributed by atoms with E-state index < -0.39 is 0 Å². The van der Waals surface area contributed by atoms with Gasteiger partial charge in [0, 0.05) is 11.5 Å². The maximum Gasteiger partial charge on any atom is 0.141 e. The highest BCUT2D eigenvalue weighted by Crippen LogP contribution is 2.32. The Morgan fingerprint density at radius 1 is 1.54 bits per heavy atom. The number of terminal acetylenes is 1. The minimum atomic E-state index is 0.0219. The van der Waals surface area contributed by atoms with Crippen molar-refractivity contribution in [1.29, 1.82) is 0 Å². The van der Waals surface area contributed by atoms with E-state index in [1.54, 1.807) is 13.2 Å². The van der Waals surface area contributed by atoms with Gasteiger partial charge in [0.25, 0.3) is 0 Å². The lowest BCUT2D eigenvalue weighted by molar-refractivity contribution is 0.409. The molecule has 68 valence electrons. The number of rotatable bonds is 2. The van der Waals surface area contributed by atoms with Gasteiger partial charge in [0.05, 0.1) is 12.1 Å². The van der Waals surface area contributed by atoms with E-state index in [9.17, 15) is 0 Å². The van der Waals surface area contributed by atoms with Crippen LogP contribution in [-0.4, -0.2) is 7.11 Å². The van der Waals surface area contributed by atoms with Gasteiger partial charge in [-0.1, -0.05) is 29.7 Å². The molecule has 0 saturated heterocycles. The zero-order valence-electron chi connectivity index (χ0n) is 7.67. The summed E-state index contributed by atoms with van der Waals surface area (Å²) < 4.78 is 5.17. The van der Waals surface area contributed by atoms with Crippen molar-refractivity contribution in [3.63, 3.8) is 0 Å². The molecule has 13 heavy (non-hydrogen) atoms. The van der Waals surface area contributed by atoms with Gasteiger partial charge in [0.2, 0.25) is 0 Å². The van der Waals surface area contributed by atoms with E-state index in [2.05, 4.69) is 5.92 Å². The second kappa shape index (κ2) is 4.20. The molecular weight excluding hydrogens is 184 g/mol. The zero-order chi connectivity index (χ0) is 9.84. The fourth-order valence-electron chi connectivity index (χ4n) is 1.17.